The summed E-state index contributed by atoms with van der Waals surface area (Å²) in [6, 6.07) is 63.3. The van der Waals surface area contributed by atoms with Gasteiger partial charge < -0.3 is 4.57 Å². The molecular formula is C48H31N3. The van der Waals surface area contributed by atoms with E-state index < -0.39 is 0 Å². The highest BCUT2D eigenvalue weighted by molar-refractivity contribution is 6.23. The van der Waals surface area contributed by atoms with Crippen LogP contribution in [0.15, 0.2) is 188 Å². The van der Waals surface area contributed by atoms with Crippen LogP contribution in [0.1, 0.15) is 0 Å². The van der Waals surface area contributed by atoms with Crippen molar-refractivity contribution in [3.05, 3.63) is 188 Å². The predicted octanol–water partition coefficient (Wildman–Crippen LogP) is 12.5. The summed E-state index contributed by atoms with van der Waals surface area (Å²) in [4.78, 5) is 9.20. The van der Waals surface area contributed by atoms with Crippen LogP contribution in [0.25, 0.3) is 93.8 Å². The summed E-state index contributed by atoms with van der Waals surface area (Å²) < 4.78 is 2.47. The molecule has 0 N–H and O–H groups in total. The second-order valence-electron chi connectivity index (χ2n) is 13.0. The summed E-state index contributed by atoms with van der Waals surface area (Å²) in [5.74, 6) is 0. The Hall–Kier alpha value is -6.84. The lowest BCUT2D eigenvalue weighted by molar-refractivity contribution is 1.14. The summed E-state index contributed by atoms with van der Waals surface area (Å²) >= 11 is 0. The van der Waals surface area contributed by atoms with Crippen LogP contribution in [0, 0.1) is 0 Å². The highest BCUT2D eigenvalue weighted by Crippen LogP contribution is 2.46. The van der Waals surface area contributed by atoms with Gasteiger partial charge >= 0.3 is 0 Å². The van der Waals surface area contributed by atoms with Gasteiger partial charge in [-0.2, -0.15) is 0 Å². The molecule has 0 radical (unpaired) electrons. The minimum absolute atomic E-state index is 0.939. The van der Waals surface area contributed by atoms with Crippen molar-refractivity contribution in [2.45, 2.75) is 0 Å². The number of aromatic nitrogens is 3. The van der Waals surface area contributed by atoms with E-state index in [0.29, 0.717) is 0 Å². The average Bonchev–Trinajstić information content (AvgIpc) is 3.57. The fourth-order valence-corrected chi connectivity index (χ4v) is 7.71. The minimum Gasteiger partial charge on any atom is -0.309 e. The lowest BCUT2D eigenvalue weighted by Crippen LogP contribution is -1.97. The SMILES string of the molecule is c1ccc(-c2c(-c3ccccc3)n(-c3ccc4ccccc4c3)c3ccc4c5ccc(-c6cccc(-c7ccncc7)n6)cc5ccc4c23)cc1. The van der Waals surface area contributed by atoms with Crippen molar-refractivity contribution in [2.75, 3.05) is 0 Å². The molecule has 3 aromatic heterocycles. The normalized spacial score (nSPS) is 11.5. The molecule has 0 aliphatic carbocycles. The van der Waals surface area contributed by atoms with Gasteiger partial charge in [-0.3, -0.25) is 4.98 Å². The number of hydrogen-bond acceptors (Lipinski definition) is 2. The fraction of sp³-hybridized carbons (Fsp3) is 0. The average molecular weight is 650 g/mol. The van der Waals surface area contributed by atoms with Gasteiger partial charge in [0.05, 0.1) is 22.6 Å². The zero-order valence-corrected chi connectivity index (χ0v) is 27.7. The van der Waals surface area contributed by atoms with Gasteiger partial charge in [0.2, 0.25) is 0 Å². The largest absolute Gasteiger partial charge is 0.309 e. The molecule has 238 valence electrons. The van der Waals surface area contributed by atoms with Crippen LogP contribution < -0.4 is 0 Å². The number of hydrogen-bond donors (Lipinski definition) is 0. The molecule has 0 atom stereocenters. The van der Waals surface area contributed by atoms with Gasteiger partial charge in [-0.25, -0.2) is 4.98 Å². The lowest BCUT2D eigenvalue weighted by Gasteiger charge is -2.14. The monoisotopic (exact) mass is 649 g/mol. The highest BCUT2D eigenvalue weighted by Gasteiger charge is 2.23. The van der Waals surface area contributed by atoms with E-state index in [-0.39, 0.29) is 0 Å². The first kappa shape index (κ1) is 29.1. The summed E-state index contributed by atoms with van der Waals surface area (Å²) in [6.07, 6.45) is 3.62. The molecular weight excluding hydrogens is 619 g/mol. The van der Waals surface area contributed by atoms with E-state index in [1.807, 2.05) is 24.5 Å². The van der Waals surface area contributed by atoms with E-state index >= 15 is 0 Å². The first-order valence-electron chi connectivity index (χ1n) is 17.3. The van der Waals surface area contributed by atoms with Crippen molar-refractivity contribution in [1.82, 2.24) is 14.5 Å². The van der Waals surface area contributed by atoms with E-state index in [4.69, 9.17) is 4.98 Å². The molecule has 3 heterocycles. The number of pyridine rings is 2. The standard InChI is InChI=1S/C48H31N3/c1-3-11-34(12-4-1)46-47-42-23-19-37-30-38(44-17-9-16-43(50-44)33-26-28-49-29-27-33)20-22-40(37)41(42)24-25-45(47)51(48(46)35-13-5-2-6-14-35)39-21-18-32-10-7-8-15-36(32)31-39/h1-31H. The molecule has 3 heteroatoms. The maximum atomic E-state index is 5.03. The molecule has 0 unspecified atom stereocenters. The van der Waals surface area contributed by atoms with E-state index in [0.717, 1.165) is 28.2 Å². The van der Waals surface area contributed by atoms with Crippen LogP contribution in [-0.2, 0) is 0 Å². The van der Waals surface area contributed by atoms with Crippen molar-refractivity contribution in [3.8, 4) is 50.6 Å². The molecule has 0 saturated carbocycles. The molecule has 0 aliphatic heterocycles. The Kier molecular flexibility index (Phi) is 6.81. The van der Waals surface area contributed by atoms with Crippen LogP contribution >= 0.6 is 0 Å². The Morgan fingerprint density at radius 2 is 1.06 bits per heavy atom. The third-order valence-corrected chi connectivity index (χ3v) is 10.1. The molecule has 0 fully saturated rings. The Morgan fingerprint density at radius 3 is 1.86 bits per heavy atom. The van der Waals surface area contributed by atoms with Crippen molar-refractivity contribution in [2.24, 2.45) is 0 Å². The zero-order valence-electron chi connectivity index (χ0n) is 27.7. The third-order valence-electron chi connectivity index (χ3n) is 10.1. The fourth-order valence-electron chi connectivity index (χ4n) is 7.71. The second-order valence-corrected chi connectivity index (χ2v) is 13.0. The molecule has 10 rings (SSSR count). The summed E-state index contributed by atoms with van der Waals surface area (Å²) in [5.41, 5.74) is 11.2. The van der Waals surface area contributed by atoms with E-state index in [2.05, 4.69) is 173 Å². The van der Waals surface area contributed by atoms with Crippen LogP contribution in [-0.4, -0.2) is 14.5 Å². The molecule has 0 spiro atoms. The highest BCUT2D eigenvalue weighted by atomic mass is 15.0. The Balaban J connectivity index is 1.24. The van der Waals surface area contributed by atoms with Crippen molar-refractivity contribution >= 4 is 43.2 Å². The molecule has 0 amide bonds. The molecule has 0 bridgehead atoms. The van der Waals surface area contributed by atoms with Gasteiger partial charge in [0.1, 0.15) is 0 Å². The maximum absolute atomic E-state index is 5.03. The van der Waals surface area contributed by atoms with Crippen molar-refractivity contribution in [3.63, 3.8) is 0 Å². The van der Waals surface area contributed by atoms with Crippen LogP contribution in [0.3, 0.4) is 0 Å². The number of rotatable bonds is 5. The lowest BCUT2D eigenvalue weighted by atomic mass is 9.93. The van der Waals surface area contributed by atoms with Gasteiger partial charge in [0.15, 0.2) is 0 Å². The molecule has 0 aliphatic rings. The Labute approximate surface area is 295 Å². The van der Waals surface area contributed by atoms with Crippen LogP contribution in [0.2, 0.25) is 0 Å². The van der Waals surface area contributed by atoms with Crippen LogP contribution in [0.4, 0.5) is 0 Å². The van der Waals surface area contributed by atoms with Crippen LogP contribution in [0.5, 0.6) is 0 Å². The van der Waals surface area contributed by atoms with E-state index in [9.17, 15) is 0 Å². The molecule has 51 heavy (non-hydrogen) atoms. The zero-order chi connectivity index (χ0) is 33.7. The summed E-state index contributed by atoms with van der Waals surface area (Å²) in [6.45, 7) is 0. The number of fused-ring (bicyclic) bond motifs is 6. The van der Waals surface area contributed by atoms with Gasteiger partial charge in [0, 0.05) is 40.2 Å². The summed E-state index contributed by atoms with van der Waals surface area (Å²) in [7, 11) is 0. The van der Waals surface area contributed by atoms with Crippen molar-refractivity contribution in [1.29, 1.82) is 0 Å². The number of nitrogens with zero attached hydrogens (tertiary/aromatic N) is 3. The predicted molar refractivity (Wildman–Crippen MR) is 213 cm³/mol. The Morgan fingerprint density at radius 1 is 0.392 bits per heavy atom. The molecule has 3 nitrogen and oxygen atoms in total. The molecule has 7 aromatic carbocycles. The first-order chi connectivity index (χ1) is 25.3. The smallest absolute Gasteiger partial charge is 0.0710 e. The second kappa shape index (κ2) is 11.9. The number of benzene rings is 7. The minimum atomic E-state index is 0.939. The van der Waals surface area contributed by atoms with E-state index in [1.165, 1.54) is 65.6 Å². The third kappa shape index (κ3) is 4.90. The molecule has 0 saturated heterocycles. The molecule has 10 aromatic rings. The Bertz CT molecular complexity index is 2890. The van der Waals surface area contributed by atoms with Gasteiger partial charge in [-0.1, -0.05) is 127 Å². The van der Waals surface area contributed by atoms with Gasteiger partial charge in [-0.15, -0.1) is 0 Å². The quantitative estimate of drug-likeness (QED) is 0.174. The van der Waals surface area contributed by atoms with E-state index in [1.54, 1.807) is 0 Å². The maximum Gasteiger partial charge on any atom is 0.0710 e. The van der Waals surface area contributed by atoms with Gasteiger partial charge in [-0.05, 0) is 92.0 Å². The van der Waals surface area contributed by atoms with Crippen molar-refractivity contribution < 1.29 is 0 Å². The first-order valence-corrected chi connectivity index (χ1v) is 17.3. The topological polar surface area (TPSA) is 30.7 Å². The summed E-state index contributed by atoms with van der Waals surface area (Å²) in [5, 5.41) is 8.59. The van der Waals surface area contributed by atoms with Gasteiger partial charge in [0.25, 0.3) is 0 Å².